The lowest BCUT2D eigenvalue weighted by Crippen LogP contribution is -2.27. The molecule has 1 amide bonds. The number of para-hydroxylation sites is 1. The highest BCUT2D eigenvalue weighted by molar-refractivity contribution is 7.09. The standard InChI is InChI=1S/C20H20N4O3S/c1-12-5-2-3-7-15(12)24-16-8-4-6-13(16)18(23-24)19(25)21-10-9-17-22-14(11-28-17)20(26)27/h2-3,5,7,11H,4,6,8-10H2,1H3,(H,21,25)(H,26,27). The maximum Gasteiger partial charge on any atom is 0.355 e. The first-order valence-corrected chi connectivity index (χ1v) is 10.0. The summed E-state index contributed by atoms with van der Waals surface area (Å²) in [5.41, 5.74) is 4.80. The van der Waals surface area contributed by atoms with Crippen LogP contribution in [0.4, 0.5) is 0 Å². The van der Waals surface area contributed by atoms with Crippen molar-refractivity contribution in [1.29, 1.82) is 0 Å². The fourth-order valence-electron chi connectivity index (χ4n) is 3.51. The Bertz CT molecular complexity index is 1050. The van der Waals surface area contributed by atoms with E-state index in [0.717, 1.165) is 41.8 Å². The maximum absolute atomic E-state index is 12.7. The Hall–Kier alpha value is -3.00. The molecule has 0 radical (unpaired) electrons. The normalized spacial score (nSPS) is 12.8. The average Bonchev–Trinajstić information content (AvgIpc) is 3.38. The Labute approximate surface area is 166 Å². The van der Waals surface area contributed by atoms with Crippen LogP contribution < -0.4 is 5.32 Å². The highest BCUT2D eigenvalue weighted by Crippen LogP contribution is 2.28. The van der Waals surface area contributed by atoms with Crippen LogP contribution in [0.15, 0.2) is 29.6 Å². The second-order valence-electron chi connectivity index (χ2n) is 6.76. The molecular weight excluding hydrogens is 376 g/mol. The van der Waals surface area contributed by atoms with Gasteiger partial charge in [-0.1, -0.05) is 18.2 Å². The summed E-state index contributed by atoms with van der Waals surface area (Å²) in [6.07, 6.45) is 3.29. The molecule has 0 spiro atoms. The van der Waals surface area contributed by atoms with Crippen LogP contribution in [0.3, 0.4) is 0 Å². The maximum atomic E-state index is 12.7. The number of aromatic nitrogens is 3. The SMILES string of the molecule is Cc1ccccc1-n1nc(C(=O)NCCc2nc(C(=O)O)cs2)c2c1CCC2. The van der Waals surface area contributed by atoms with Crippen molar-refractivity contribution in [2.75, 3.05) is 6.54 Å². The van der Waals surface area contributed by atoms with Gasteiger partial charge in [0, 0.05) is 29.6 Å². The van der Waals surface area contributed by atoms with Gasteiger partial charge in [-0.3, -0.25) is 4.79 Å². The number of hydrogen-bond donors (Lipinski definition) is 2. The number of carbonyl (C=O) groups is 2. The van der Waals surface area contributed by atoms with Gasteiger partial charge < -0.3 is 10.4 Å². The number of fused-ring (bicyclic) bond motifs is 1. The number of rotatable bonds is 6. The summed E-state index contributed by atoms with van der Waals surface area (Å²) in [4.78, 5) is 27.7. The average molecular weight is 396 g/mol. The predicted octanol–water partition coefficient (Wildman–Crippen LogP) is 2.80. The van der Waals surface area contributed by atoms with Crippen LogP contribution in [-0.4, -0.2) is 38.3 Å². The number of benzene rings is 1. The van der Waals surface area contributed by atoms with E-state index in [2.05, 4.69) is 15.4 Å². The first kappa shape index (κ1) is 18.4. The van der Waals surface area contributed by atoms with E-state index >= 15 is 0 Å². The Kier molecular flexibility index (Phi) is 4.95. The molecule has 0 saturated carbocycles. The molecule has 1 aliphatic rings. The van der Waals surface area contributed by atoms with Crippen molar-refractivity contribution in [1.82, 2.24) is 20.1 Å². The third-order valence-corrected chi connectivity index (χ3v) is 5.79. The van der Waals surface area contributed by atoms with Gasteiger partial charge in [0.05, 0.1) is 10.7 Å². The van der Waals surface area contributed by atoms with Gasteiger partial charge in [0.25, 0.3) is 5.91 Å². The summed E-state index contributed by atoms with van der Waals surface area (Å²) in [5, 5.41) is 18.7. The fourth-order valence-corrected chi connectivity index (χ4v) is 4.28. The summed E-state index contributed by atoms with van der Waals surface area (Å²) in [6, 6.07) is 8.03. The zero-order valence-corrected chi connectivity index (χ0v) is 16.3. The Morgan fingerprint density at radius 2 is 2.11 bits per heavy atom. The number of carbonyl (C=O) groups excluding carboxylic acids is 1. The highest BCUT2D eigenvalue weighted by Gasteiger charge is 2.27. The van der Waals surface area contributed by atoms with Crippen molar-refractivity contribution in [3.63, 3.8) is 0 Å². The van der Waals surface area contributed by atoms with Crippen LogP contribution in [0.5, 0.6) is 0 Å². The molecular formula is C20H20N4O3S. The van der Waals surface area contributed by atoms with Crippen molar-refractivity contribution in [2.24, 2.45) is 0 Å². The van der Waals surface area contributed by atoms with Gasteiger partial charge in [0.1, 0.15) is 0 Å². The minimum atomic E-state index is -1.04. The van der Waals surface area contributed by atoms with E-state index in [-0.39, 0.29) is 11.6 Å². The molecule has 0 atom stereocenters. The third kappa shape index (κ3) is 3.43. The lowest BCUT2D eigenvalue weighted by molar-refractivity contribution is 0.0690. The smallest absolute Gasteiger partial charge is 0.355 e. The zero-order chi connectivity index (χ0) is 19.7. The zero-order valence-electron chi connectivity index (χ0n) is 15.4. The number of carboxylic acid groups (broad SMARTS) is 1. The molecule has 144 valence electrons. The molecule has 2 aromatic heterocycles. The summed E-state index contributed by atoms with van der Waals surface area (Å²) >= 11 is 1.29. The topological polar surface area (TPSA) is 97.1 Å². The first-order chi connectivity index (χ1) is 13.5. The van der Waals surface area contributed by atoms with Crippen molar-refractivity contribution in [3.8, 4) is 5.69 Å². The van der Waals surface area contributed by atoms with Gasteiger partial charge in [-0.15, -0.1) is 11.3 Å². The summed E-state index contributed by atoms with van der Waals surface area (Å²) in [7, 11) is 0. The van der Waals surface area contributed by atoms with E-state index in [0.29, 0.717) is 23.7 Å². The number of nitrogens with zero attached hydrogens (tertiary/aromatic N) is 3. The van der Waals surface area contributed by atoms with Crippen LogP contribution >= 0.6 is 11.3 Å². The largest absolute Gasteiger partial charge is 0.476 e. The minimum Gasteiger partial charge on any atom is -0.476 e. The minimum absolute atomic E-state index is 0.0427. The molecule has 0 bridgehead atoms. The number of thiazole rings is 1. The highest BCUT2D eigenvalue weighted by atomic mass is 32.1. The number of nitrogens with one attached hydrogen (secondary N) is 1. The van der Waals surface area contributed by atoms with Crippen LogP contribution in [0.1, 0.15) is 49.2 Å². The molecule has 1 aliphatic carbocycles. The molecule has 7 nitrogen and oxygen atoms in total. The Balaban J connectivity index is 1.49. The van der Waals surface area contributed by atoms with Gasteiger partial charge in [-0.2, -0.15) is 5.10 Å². The molecule has 3 aromatic rings. The van der Waals surface area contributed by atoms with Crippen molar-refractivity contribution >= 4 is 23.2 Å². The molecule has 1 aromatic carbocycles. The molecule has 0 fully saturated rings. The number of hydrogen-bond acceptors (Lipinski definition) is 5. The second kappa shape index (κ2) is 7.55. The van der Waals surface area contributed by atoms with Crippen LogP contribution in [0.25, 0.3) is 5.69 Å². The molecule has 0 aliphatic heterocycles. The van der Waals surface area contributed by atoms with Crippen molar-refractivity contribution in [2.45, 2.75) is 32.6 Å². The van der Waals surface area contributed by atoms with Crippen molar-refractivity contribution in [3.05, 3.63) is 62.9 Å². The number of aryl methyl sites for hydroxylation is 1. The lowest BCUT2D eigenvalue weighted by atomic mass is 10.2. The van der Waals surface area contributed by atoms with Gasteiger partial charge >= 0.3 is 5.97 Å². The molecule has 2 heterocycles. The molecule has 2 N–H and O–H groups in total. The number of carboxylic acids is 1. The molecule has 8 heteroatoms. The summed E-state index contributed by atoms with van der Waals surface area (Å²) < 4.78 is 1.91. The predicted molar refractivity (Wildman–Crippen MR) is 105 cm³/mol. The van der Waals surface area contributed by atoms with Crippen molar-refractivity contribution < 1.29 is 14.7 Å². The lowest BCUT2D eigenvalue weighted by Gasteiger charge is -2.08. The third-order valence-electron chi connectivity index (χ3n) is 4.88. The number of amides is 1. The second-order valence-corrected chi connectivity index (χ2v) is 7.71. The Morgan fingerprint density at radius 1 is 1.29 bits per heavy atom. The molecule has 0 saturated heterocycles. The van der Waals surface area contributed by atoms with E-state index < -0.39 is 5.97 Å². The van der Waals surface area contributed by atoms with E-state index in [4.69, 9.17) is 5.11 Å². The monoisotopic (exact) mass is 396 g/mol. The number of aromatic carboxylic acids is 1. The van der Waals surface area contributed by atoms with Crippen LogP contribution in [-0.2, 0) is 19.3 Å². The fraction of sp³-hybridized carbons (Fsp3) is 0.300. The van der Waals surface area contributed by atoms with E-state index in [1.165, 1.54) is 16.7 Å². The van der Waals surface area contributed by atoms with Gasteiger partial charge in [0.15, 0.2) is 11.4 Å². The van der Waals surface area contributed by atoms with Crippen LogP contribution in [0.2, 0.25) is 0 Å². The van der Waals surface area contributed by atoms with E-state index in [1.807, 2.05) is 35.9 Å². The molecule has 0 unspecified atom stereocenters. The molecule has 4 rings (SSSR count). The molecule has 28 heavy (non-hydrogen) atoms. The van der Waals surface area contributed by atoms with Gasteiger partial charge in [0.2, 0.25) is 0 Å². The van der Waals surface area contributed by atoms with Gasteiger partial charge in [-0.05, 0) is 37.8 Å². The van der Waals surface area contributed by atoms with Crippen LogP contribution in [0, 0.1) is 6.92 Å². The first-order valence-electron chi connectivity index (χ1n) is 9.17. The quantitative estimate of drug-likeness (QED) is 0.668. The summed E-state index contributed by atoms with van der Waals surface area (Å²) in [5.74, 6) is -1.23. The van der Waals surface area contributed by atoms with Gasteiger partial charge in [-0.25, -0.2) is 14.5 Å². The van der Waals surface area contributed by atoms with E-state index in [9.17, 15) is 9.59 Å². The van der Waals surface area contributed by atoms with E-state index in [1.54, 1.807) is 0 Å². The summed E-state index contributed by atoms with van der Waals surface area (Å²) in [6.45, 7) is 2.43. The Morgan fingerprint density at radius 3 is 2.86 bits per heavy atom.